The van der Waals surface area contributed by atoms with E-state index in [9.17, 15) is 0 Å². The minimum atomic E-state index is 0.591. The van der Waals surface area contributed by atoms with Gasteiger partial charge in [0.1, 0.15) is 5.75 Å². The van der Waals surface area contributed by atoms with Crippen LogP contribution in [0.5, 0.6) is 5.75 Å². The number of halogens is 2. The molecule has 20 heavy (non-hydrogen) atoms. The summed E-state index contributed by atoms with van der Waals surface area (Å²) in [6.45, 7) is 0.591. The lowest BCUT2D eigenvalue weighted by Gasteiger charge is -2.04. The minimum Gasteiger partial charge on any atom is -0.496 e. The Bertz CT molecular complexity index is 617. The average molecular weight is 354 g/mol. The van der Waals surface area contributed by atoms with Gasteiger partial charge in [-0.2, -0.15) is 5.10 Å². The summed E-state index contributed by atoms with van der Waals surface area (Å²) in [5.41, 5.74) is 4.97. The summed E-state index contributed by atoms with van der Waals surface area (Å²) in [6, 6.07) is 13.5. The SMILES string of the molecule is COc1ccc(/C=N\NCc2ccccc2Cl)cc1Br. The molecule has 0 saturated heterocycles. The molecule has 0 atom stereocenters. The van der Waals surface area contributed by atoms with Gasteiger partial charge in [0, 0.05) is 5.02 Å². The zero-order valence-electron chi connectivity index (χ0n) is 10.9. The zero-order valence-corrected chi connectivity index (χ0v) is 13.3. The molecule has 0 aliphatic carbocycles. The Labute approximate surface area is 131 Å². The van der Waals surface area contributed by atoms with Crippen molar-refractivity contribution >= 4 is 33.7 Å². The van der Waals surface area contributed by atoms with Crippen molar-refractivity contribution in [2.75, 3.05) is 7.11 Å². The molecule has 0 radical (unpaired) electrons. The Morgan fingerprint density at radius 2 is 2.10 bits per heavy atom. The lowest BCUT2D eigenvalue weighted by molar-refractivity contribution is 0.412. The molecule has 2 aromatic carbocycles. The quantitative estimate of drug-likeness (QED) is 0.644. The first-order valence-corrected chi connectivity index (χ1v) is 7.20. The lowest BCUT2D eigenvalue weighted by atomic mass is 10.2. The molecule has 0 aliphatic heterocycles. The number of ether oxygens (including phenoxy) is 1. The van der Waals surface area contributed by atoms with Crippen molar-refractivity contribution in [2.45, 2.75) is 6.54 Å². The molecule has 2 aromatic rings. The first-order chi connectivity index (χ1) is 9.70. The molecular formula is C15H14BrClN2O. The second-order valence-electron chi connectivity index (χ2n) is 4.08. The zero-order chi connectivity index (χ0) is 14.4. The highest BCUT2D eigenvalue weighted by molar-refractivity contribution is 9.10. The van der Waals surface area contributed by atoms with Gasteiger partial charge in [-0.25, -0.2) is 0 Å². The van der Waals surface area contributed by atoms with Crippen molar-refractivity contribution in [3.05, 3.63) is 63.1 Å². The molecule has 0 amide bonds. The van der Waals surface area contributed by atoms with Crippen LogP contribution in [0.25, 0.3) is 0 Å². The molecule has 0 unspecified atom stereocenters. The van der Waals surface area contributed by atoms with Crippen LogP contribution in [-0.2, 0) is 6.54 Å². The first kappa shape index (κ1) is 14.9. The third kappa shape index (κ3) is 3.99. The fraction of sp³-hybridized carbons (Fsp3) is 0.133. The number of hydrogen-bond acceptors (Lipinski definition) is 3. The highest BCUT2D eigenvalue weighted by Gasteiger charge is 1.99. The average Bonchev–Trinajstić information content (AvgIpc) is 2.45. The van der Waals surface area contributed by atoms with Gasteiger partial charge in [-0.3, -0.25) is 0 Å². The van der Waals surface area contributed by atoms with E-state index in [4.69, 9.17) is 16.3 Å². The summed E-state index contributed by atoms with van der Waals surface area (Å²) in [4.78, 5) is 0. The number of nitrogens with one attached hydrogen (secondary N) is 1. The van der Waals surface area contributed by atoms with Crippen LogP contribution in [-0.4, -0.2) is 13.3 Å². The van der Waals surface area contributed by atoms with Crippen LogP contribution in [0.15, 0.2) is 52.0 Å². The number of benzene rings is 2. The van der Waals surface area contributed by atoms with Crippen molar-refractivity contribution in [1.29, 1.82) is 0 Å². The molecule has 0 fully saturated rings. The van der Waals surface area contributed by atoms with E-state index in [1.165, 1.54) is 0 Å². The number of methoxy groups -OCH3 is 1. The largest absolute Gasteiger partial charge is 0.496 e. The number of rotatable bonds is 5. The van der Waals surface area contributed by atoms with Crippen molar-refractivity contribution in [3.63, 3.8) is 0 Å². The van der Waals surface area contributed by atoms with Crippen molar-refractivity contribution in [1.82, 2.24) is 5.43 Å². The highest BCUT2D eigenvalue weighted by atomic mass is 79.9. The summed E-state index contributed by atoms with van der Waals surface area (Å²) in [5.74, 6) is 0.797. The van der Waals surface area contributed by atoms with Gasteiger partial charge in [-0.15, -0.1) is 0 Å². The third-order valence-corrected chi connectivity index (χ3v) is 3.70. The lowest BCUT2D eigenvalue weighted by Crippen LogP contribution is -2.05. The van der Waals surface area contributed by atoms with E-state index in [1.54, 1.807) is 13.3 Å². The van der Waals surface area contributed by atoms with E-state index in [1.807, 2.05) is 42.5 Å². The summed E-state index contributed by atoms with van der Waals surface area (Å²) in [6.07, 6.45) is 1.75. The summed E-state index contributed by atoms with van der Waals surface area (Å²) < 4.78 is 6.07. The minimum absolute atomic E-state index is 0.591. The fourth-order valence-electron chi connectivity index (χ4n) is 1.66. The maximum Gasteiger partial charge on any atom is 0.133 e. The van der Waals surface area contributed by atoms with E-state index in [0.717, 1.165) is 26.4 Å². The number of nitrogens with zero attached hydrogens (tertiary/aromatic N) is 1. The fourth-order valence-corrected chi connectivity index (χ4v) is 2.42. The molecule has 0 heterocycles. The predicted octanol–water partition coefficient (Wildman–Crippen LogP) is 4.23. The van der Waals surface area contributed by atoms with E-state index in [-0.39, 0.29) is 0 Å². The molecule has 0 saturated carbocycles. The van der Waals surface area contributed by atoms with Gasteiger partial charge in [0.25, 0.3) is 0 Å². The van der Waals surface area contributed by atoms with Crippen LogP contribution in [0.1, 0.15) is 11.1 Å². The third-order valence-electron chi connectivity index (χ3n) is 2.71. The summed E-state index contributed by atoms with van der Waals surface area (Å²) in [5, 5.41) is 4.92. The Morgan fingerprint density at radius 3 is 2.80 bits per heavy atom. The summed E-state index contributed by atoms with van der Waals surface area (Å²) in [7, 11) is 1.64. The second-order valence-corrected chi connectivity index (χ2v) is 5.34. The molecular weight excluding hydrogens is 340 g/mol. The molecule has 1 N–H and O–H groups in total. The molecule has 0 aromatic heterocycles. The van der Waals surface area contributed by atoms with Gasteiger partial charge in [-0.1, -0.05) is 29.8 Å². The Morgan fingerprint density at radius 1 is 1.30 bits per heavy atom. The van der Waals surface area contributed by atoms with Gasteiger partial charge >= 0.3 is 0 Å². The number of hydrazone groups is 1. The monoisotopic (exact) mass is 352 g/mol. The summed E-state index contributed by atoms with van der Waals surface area (Å²) >= 11 is 9.50. The molecule has 104 valence electrons. The van der Waals surface area contributed by atoms with Crippen LogP contribution in [0.3, 0.4) is 0 Å². The van der Waals surface area contributed by atoms with Gasteiger partial charge in [-0.05, 0) is 51.3 Å². The Hall–Kier alpha value is -1.52. The van der Waals surface area contributed by atoms with E-state index in [2.05, 4.69) is 26.5 Å². The van der Waals surface area contributed by atoms with E-state index >= 15 is 0 Å². The van der Waals surface area contributed by atoms with Crippen molar-refractivity contribution in [3.8, 4) is 5.75 Å². The molecule has 5 heteroatoms. The molecule has 0 bridgehead atoms. The van der Waals surface area contributed by atoms with Gasteiger partial charge in [0.15, 0.2) is 0 Å². The number of hydrogen-bond donors (Lipinski definition) is 1. The Balaban J connectivity index is 1.94. The van der Waals surface area contributed by atoms with Gasteiger partial charge in [0.2, 0.25) is 0 Å². The normalized spacial score (nSPS) is 10.8. The predicted molar refractivity (Wildman–Crippen MR) is 86.6 cm³/mol. The van der Waals surface area contributed by atoms with E-state index in [0.29, 0.717) is 6.54 Å². The van der Waals surface area contributed by atoms with Crippen LogP contribution in [0, 0.1) is 0 Å². The van der Waals surface area contributed by atoms with Crippen LogP contribution in [0.2, 0.25) is 5.02 Å². The van der Waals surface area contributed by atoms with E-state index < -0.39 is 0 Å². The molecule has 2 rings (SSSR count). The highest BCUT2D eigenvalue weighted by Crippen LogP contribution is 2.24. The Kier molecular flexibility index (Phi) is 5.44. The molecule has 0 spiro atoms. The smallest absolute Gasteiger partial charge is 0.133 e. The second kappa shape index (κ2) is 7.31. The van der Waals surface area contributed by atoms with Gasteiger partial charge in [0.05, 0.1) is 24.3 Å². The standard InChI is InChI=1S/C15H14BrClN2O/c1-20-15-7-6-11(8-13(15)16)9-18-19-10-12-4-2-3-5-14(12)17/h2-9,19H,10H2,1H3/b18-9-. The van der Waals surface area contributed by atoms with Crippen LogP contribution >= 0.6 is 27.5 Å². The van der Waals surface area contributed by atoms with Gasteiger partial charge < -0.3 is 10.2 Å². The molecule has 3 nitrogen and oxygen atoms in total. The van der Waals surface area contributed by atoms with Crippen LogP contribution in [0.4, 0.5) is 0 Å². The maximum absolute atomic E-state index is 6.06. The first-order valence-electron chi connectivity index (χ1n) is 6.03. The topological polar surface area (TPSA) is 33.6 Å². The van der Waals surface area contributed by atoms with Crippen LogP contribution < -0.4 is 10.2 Å². The van der Waals surface area contributed by atoms with Crippen molar-refractivity contribution in [2.24, 2.45) is 5.10 Å². The van der Waals surface area contributed by atoms with Crippen molar-refractivity contribution < 1.29 is 4.74 Å². The molecule has 0 aliphatic rings. The maximum atomic E-state index is 6.06.